The van der Waals surface area contributed by atoms with E-state index in [0.717, 1.165) is 16.5 Å². The zero-order chi connectivity index (χ0) is 16.8. The number of rotatable bonds is 6. The molecule has 0 saturated heterocycles. The summed E-state index contributed by atoms with van der Waals surface area (Å²) in [5.41, 5.74) is 6.28. The summed E-state index contributed by atoms with van der Waals surface area (Å²) in [5.74, 6) is 2.05. The number of amides is 2. The van der Waals surface area contributed by atoms with Crippen LogP contribution in [0.2, 0.25) is 0 Å². The van der Waals surface area contributed by atoms with Crippen molar-refractivity contribution < 1.29 is 14.0 Å². The zero-order valence-electron chi connectivity index (χ0n) is 13.3. The smallest absolute Gasteiger partial charge is 0.273 e. The molecule has 0 aliphatic rings. The van der Waals surface area contributed by atoms with Crippen molar-refractivity contribution in [2.45, 2.75) is 32.9 Å². The molecule has 2 aromatic rings. The summed E-state index contributed by atoms with van der Waals surface area (Å²) in [4.78, 5) is 28.0. The van der Waals surface area contributed by atoms with E-state index in [1.165, 1.54) is 0 Å². The minimum Gasteiger partial charge on any atom is -0.466 e. The number of carbonyl (C=O) groups excluding carboxylic acids is 2. The SMILES string of the molecule is Cc1cc(C(=O)NNC(=O)CCSCc2csc(C)n2)c(C)o1. The normalized spacial score (nSPS) is 10.6. The highest BCUT2D eigenvalue weighted by molar-refractivity contribution is 7.98. The van der Waals surface area contributed by atoms with Gasteiger partial charge in [0, 0.05) is 23.3 Å². The highest BCUT2D eigenvalue weighted by atomic mass is 32.2. The first-order chi connectivity index (χ1) is 11.0. The van der Waals surface area contributed by atoms with Gasteiger partial charge in [0.15, 0.2) is 0 Å². The van der Waals surface area contributed by atoms with Gasteiger partial charge in [0.25, 0.3) is 5.91 Å². The summed E-state index contributed by atoms with van der Waals surface area (Å²) in [7, 11) is 0. The van der Waals surface area contributed by atoms with Crippen LogP contribution in [-0.4, -0.2) is 22.6 Å². The molecule has 0 aromatic carbocycles. The Morgan fingerprint density at radius 1 is 1.30 bits per heavy atom. The molecule has 0 radical (unpaired) electrons. The van der Waals surface area contributed by atoms with E-state index in [1.807, 2.05) is 12.3 Å². The maximum absolute atomic E-state index is 11.9. The van der Waals surface area contributed by atoms with E-state index in [2.05, 4.69) is 15.8 Å². The van der Waals surface area contributed by atoms with Gasteiger partial charge in [-0.05, 0) is 26.8 Å². The molecule has 0 atom stereocenters. The molecule has 2 N–H and O–H groups in total. The Morgan fingerprint density at radius 3 is 2.70 bits per heavy atom. The molecule has 2 amide bonds. The Bertz CT molecular complexity index is 694. The molecule has 2 heterocycles. The van der Waals surface area contributed by atoms with Gasteiger partial charge in [-0.2, -0.15) is 11.8 Å². The largest absolute Gasteiger partial charge is 0.466 e. The molecule has 0 fully saturated rings. The minimum absolute atomic E-state index is 0.224. The topological polar surface area (TPSA) is 84.2 Å². The quantitative estimate of drug-likeness (QED) is 0.616. The summed E-state index contributed by atoms with van der Waals surface area (Å²) in [6.07, 6.45) is 0.331. The van der Waals surface area contributed by atoms with Gasteiger partial charge in [0.1, 0.15) is 11.5 Å². The lowest BCUT2D eigenvalue weighted by molar-refractivity contribution is -0.121. The van der Waals surface area contributed by atoms with Crippen molar-refractivity contribution >= 4 is 34.9 Å². The van der Waals surface area contributed by atoms with Crippen molar-refractivity contribution in [3.63, 3.8) is 0 Å². The number of aryl methyl sites for hydroxylation is 3. The first kappa shape index (κ1) is 17.6. The number of hydrogen-bond donors (Lipinski definition) is 2. The Kier molecular flexibility index (Phi) is 6.23. The highest BCUT2D eigenvalue weighted by Gasteiger charge is 2.13. The molecule has 23 heavy (non-hydrogen) atoms. The number of hydrazine groups is 1. The van der Waals surface area contributed by atoms with Gasteiger partial charge in [0.2, 0.25) is 5.91 Å². The first-order valence-electron chi connectivity index (χ1n) is 7.10. The molecule has 0 aliphatic heterocycles. The van der Waals surface area contributed by atoms with E-state index in [9.17, 15) is 9.59 Å². The van der Waals surface area contributed by atoms with E-state index in [0.29, 0.717) is 29.3 Å². The third-order valence-electron chi connectivity index (χ3n) is 2.99. The number of carbonyl (C=O) groups is 2. The van der Waals surface area contributed by atoms with Crippen molar-refractivity contribution in [3.05, 3.63) is 39.2 Å². The molecule has 8 heteroatoms. The van der Waals surface area contributed by atoms with Gasteiger partial charge in [-0.15, -0.1) is 11.3 Å². The second-order valence-electron chi connectivity index (χ2n) is 4.99. The maximum Gasteiger partial charge on any atom is 0.273 e. The molecule has 6 nitrogen and oxygen atoms in total. The van der Waals surface area contributed by atoms with Crippen LogP contribution in [0.25, 0.3) is 0 Å². The zero-order valence-corrected chi connectivity index (χ0v) is 14.9. The molecule has 0 unspecified atom stereocenters. The van der Waals surface area contributed by atoms with Crippen molar-refractivity contribution in [1.82, 2.24) is 15.8 Å². The average molecular weight is 353 g/mol. The Morgan fingerprint density at radius 2 is 2.09 bits per heavy atom. The molecule has 2 aromatic heterocycles. The number of furan rings is 1. The van der Waals surface area contributed by atoms with Crippen LogP contribution in [0.5, 0.6) is 0 Å². The predicted molar refractivity (Wildman–Crippen MR) is 91.4 cm³/mol. The predicted octanol–water partition coefficient (Wildman–Crippen LogP) is 2.75. The van der Waals surface area contributed by atoms with Crippen molar-refractivity contribution in [2.75, 3.05) is 5.75 Å². The van der Waals surface area contributed by atoms with Gasteiger partial charge in [-0.1, -0.05) is 0 Å². The van der Waals surface area contributed by atoms with E-state index >= 15 is 0 Å². The second-order valence-corrected chi connectivity index (χ2v) is 7.16. The molecular formula is C15H19N3O3S2. The van der Waals surface area contributed by atoms with E-state index < -0.39 is 0 Å². The third kappa shape index (κ3) is 5.40. The molecule has 2 rings (SSSR count). The fraction of sp³-hybridized carbons (Fsp3) is 0.400. The molecule has 0 saturated carbocycles. The third-order valence-corrected chi connectivity index (χ3v) is 4.81. The maximum atomic E-state index is 11.9. The van der Waals surface area contributed by atoms with Gasteiger partial charge < -0.3 is 4.42 Å². The lowest BCUT2D eigenvalue weighted by atomic mass is 10.2. The van der Waals surface area contributed by atoms with Crippen LogP contribution < -0.4 is 10.9 Å². The van der Waals surface area contributed by atoms with Crippen LogP contribution in [0.1, 0.15) is 39.0 Å². The van der Waals surface area contributed by atoms with Crippen molar-refractivity contribution in [2.24, 2.45) is 0 Å². The van der Waals surface area contributed by atoms with Crippen LogP contribution in [0.4, 0.5) is 0 Å². The van der Waals surface area contributed by atoms with Crippen LogP contribution in [0.3, 0.4) is 0 Å². The van der Waals surface area contributed by atoms with Crippen LogP contribution in [-0.2, 0) is 10.5 Å². The van der Waals surface area contributed by atoms with Crippen molar-refractivity contribution in [1.29, 1.82) is 0 Å². The lowest BCUT2D eigenvalue weighted by Gasteiger charge is -2.06. The summed E-state index contributed by atoms with van der Waals surface area (Å²) < 4.78 is 5.28. The van der Waals surface area contributed by atoms with Gasteiger partial charge in [0.05, 0.1) is 16.3 Å². The van der Waals surface area contributed by atoms with Crippen molar-refractivity contribution in [3.8, 4) is 0 Å². The molecule has 0 spiro atoms. The number of hydrogen-bond acceptors (Lipinski definition) is 6. The molecule has 0 bridgehead atoms. The summed E-state index contributed by atoms with van der Waals surface area (Å²) >= 11 is 3.26. The molecule has 124 valence electrons. The Labute approximate surface area is 143 Å². The van der Waals surface area contributed by atoms with Gasteiger partial charge >= 0.3 is 0 Å². The van der Waals surface area contributed by atoms with Gasteiger partial charge in [-0.25, -0.2) is 4.98 Å². The lowest BCUT2D eigenvalue weighted by Crippen LogP contribution is -2.41. The second kappa shape index (κ2) is 8.16. The number of aromatic nitrogens is 1. The number of thiazole rings is 1. The summed E-state index contributed by atoms with van der Waals surface area (Å²) in [5, 5.41) is 3.07. The van der Waals surface area contributed by atoms with Crippen LogP contribution in [0, 0.1) is 20.8 Å². The fourth-order valence-corrected chi connectivity index (χ4v) is 3.48. The Balaban J connectivity index is 1.65. The van der Waals surface area contributed by atoms with Crippen LogP contribution >= 0.6 is 23.1 Å². The highest BCUT2D eigenvalue weighted by Crippen LogP contribution is 2.15. The minimum atomic E-state index is -0.377. The van der Waals surface area contributed by atoms with Crippen LogP contribution in [0.15, 0.2) is 15.9 Å². The van der Waals surface area contributed by atoms with Gasteiger partial charge in [-0.3, -0.25) is 20.4 Å². The number of thioether (sulfide) groups is 1. The standard InChI is InChI=1S/C15H19N3O3S2/c1-9-6-13(10(2)21-9)15(20)18-17-14(19)4-5-22-7-12-8-23-11(3)16-12/h6,8H,4-5,7H2,1-3H3,(H,17,19)(H,18,20). The van der Waals surface area contributed by atoms with E-state index in [-0.39, 0.29) is 11.8 Å². The summed E-state index contributed by atoms with van der Waals surface area (Å²) in [6, 6.07) is 1.64. The molecular weight excluding hydrogens is 334 g/mol. The average Bonchev–Trinajstić information content (AvgIpc) is 3.06. The Hall–Kier alpha value is -1.80. The first-order valence-corrected chi connectivity index (χ1v) is 9.14. The summed E-state index contributed by atoms with van der Waals surface area (Å²) in [6.45, 7) is 5.45. The van der Waals surface area contributed by atoms with E-state index in [4.69, 9.17) is 4.42 Å². The molecule has 0 aliphatic carbocycles. The number of nitrogens with one attached hydrogen (secondary N) is 2. The fourth-order valence-electron chi connectivity index (χ4n) is 1.93. The monoisotopic (exact) mass is 353 g/mol. The van der Waals surface area contributed by atoms with E-state index in [1.54, 1.807) is 43.0 Å². The number of nitrogens with zero attached hydrogens (tertiary/aromatic N) is 1.